The van der Waals surface area contributed by atoms with Crippen LogP contribution >= 0.6 is 10.7 Å². The Morgan fingerprint density at radius 2 is 1.89 bits per heavy atom. The third kappa shape index (κ3) is 3.48. The Bertz CT molecular complexity index is 564. The number of hydrogen-bond acceptors (Lipinski definition) is 3. The van der Waals surface area contributed by atoms with E-state index >= 15 is 0 Å². The van der Waals surface area contributed by atoms with Gasteiger partial charge in [0.05, 0.1) is 4.90 Å². The molecule has 1 saturated carbocycles. The van der Waals surface area contributed by atoms with Crippen LogP contribution in [0.3, 0.4) is 0 Å². The lowest BCUT2D eigenvalue weighted by Gasteiger charge is -2.21. The van der Waals surface area contributed by atoms with E-state index in [4.69, 9.17) is 10.7 Å². The van der Waals surface area contributed by atoms with E-state index in [1.54, 1.807) is 0 Å². The van der Waals surface area contributed by atoms with Crippen LogP contribution in [0.5, 0.6) is 0 Å². The van der Waals surface area contributed by atoms with Crippen molar-refractivity contribution in [1.82, 2.24) is 4.90 Å². The van der Waals surface area contributed by atoms with E-state index in [9.17, 15) is 13.2 Å². The Balaban J connectivity index is 2.19. The van der Waals surface area contributed by atoms with Crippen molar-refractivity contribution in [2.24, 2.45) is 0 Å². The molecule has 1 aliphatic carbocycles. The molecular formula is C13H16ClNO3S. The second kappa shape index (κ2) is 5.51. The largest absolute Gasteiger partial charge is 0.336 e. The van der Waals surface area contributed by atoms with Crippen LogP contribution in [0.4, 0.5) is 0 Å². The number of carbonyl (C=O) groups excluding carboxylic acids is 1. The predicted molar refractivity (Wildman–Crippen MR) is 73.8 cm³/mol. The van der Waals surface area contributed by atoms with Gasteiger partial charge in [0.1, 0.15) is 0 Å². The first kappa shape index (κ1) is 14.3. The average Bonchev–Trinajstić information content (AvgIpc) is 3.18. The SMILES string of the molecule is CCCN(C(=O)c1ccc(S(=O)(=O)Cl)cc1)C1CC1. The monoisotopic (exact) mass is 301 g/mol. The Morgan fingerprint density at radius 3 is 2.32 bits per heavy atom. The van der Waals surface area contributed by atoms with Crippen LogP contribution in [0, 0.1) is 0 Å². The molecule has 0 heterocycles. The Morgan fingerprint density at radius 1 is 1.32 bits per heavy atom. The molecule has 1 amide bonds. The van der Waals surface area contributed by atoms with E-state index in [0.29, 0.717) is 11.6 Å². The molecule has 0 N–H and O–H groups in total. The Kier molecular flexibility index (Phi) is 4.16. The van der Waals surface area contributed by atoms with Crippen LogP contribution in [0.15, 0.2) is 29.2 Å². The molecule has 0 atom stereocenters. The quantitative estimate of drug-likeness (QED) is 0.786. The zero-order chi connectivity index (χ0) is 14.0. The van der Waals surface area contributed by atoms with Crippen LogP contribution < -0.4 is 0 Å². The molecule has 19 heavy (non-hydrogen) atoms. The number of carbonyl (C=O) groups is 1. The third-order valence-electron chi connectivity index (χ3n) is 3.10. The summed E-state index contributed by atoms with van der Waals surface area (Å²) < 4.78 is 22.3. The van der Waals surface area contributed by atoms with E-state index in [0.717, 1.165) is 25.8 Å². The molecule has 1 aromatic rings. The summed E-state index contributed by atoms with van der Waals surface area (Å²) in [6.45, 7) is 2.77. The fraction of sp³-hybridized carbons (Fsp3) is 0.462. The highest BCUT2D eigenvalue weighted by Crippen LogP contribution is 2.28. The predicted octanol–water partition coefficient (Wildman–Crippen LogP) is 2.63. The van der Waals surface area contributed by atoms with Crippen molar-refractivity contribution in [1.29, 1.82) is 0 Å². The minimum atomic E-state index is -3.73. The van der Waals surface area contributed by atoms with E-state index < -0.39 is 9.05 Å². The van der Waals surface area contributed by atoms with Crippen molar-refractivity contribution in [3.05, 3.63) is 29.8 Å². The molecule has 104 valence electrons. The third-order valence-corrected chi connectivity index (χ3v) is 4.47. The number of nitrogens with zero attached hydrogens (tertiary/aromatic N) is 1. The van der Waals surface area contributed by atoms with E-state index in [1.807, 2.05) is 11.8 Å². The Labute approximate surface area is 117 Å². The second-order valence-corrected chi connectivity index (χ2v) is 7.26. The van der Waals surface area contributed by atoms with Gasteiger partial charge in [-0.2, -0.15) is 0 Å². The molecular weight excluding hydrogens is 286 g/mol. The standard InChI is InChI=1S/C13H16ClNO3S/c1-2-9-15(11-5-6-11)13(16)10-3-7-12(8-4-10)19(14,17)18/h3-4,7-8,11H,2,5-6,9H2,1H3. The van der Waals surface area contributed by atoms with E-state index in [-0.39, 0.29) is 10.8 Å². The lowest BCUT2D eigenvalue weighted by Crippen LogP contribution is -2.33. The summed E-state index contributed by atoms with van der Waals surface area (Å²) in [7, 11) is 1.51. The van der Waals surface area contributed by atoms with Crippen LogP contribution in [0.25, 0.3) is 0 Å². The molecule has 0 bridgehead atoms. The van der Waals surface area contributed by atoms with Gasteiger partial charge in [0.2, 0.25) is 0 Å². The summed E-state index contributed by atoms with van der Waals surface area (Å²) >= 11 is 0. The van der Waals surface area contributed by atoms with Crippen molar-refractivity contribution in [2.45, 2.75) is 37.1 Å². The van der Waals surface area contributed by atoms with Gasteiger partial charge in [-0.1, -0.05) is 6.92 Å². The molecule has 6 heteroatoms. The zero-order valence-electron chi connectivity index (χ0n) is 10.7. The van der Waals surface area contributed by atoms with Gasteiger partial charge in [0, 0.05) is 28.8 Å². The topological polar surface area (TPSA) is 54.5 Å². The lowest BCUT2D eigenvalue weighted by molar-refractivity contribution is 0.0743. The number of rotatable bonds is 5. The van der Waals surface area contributed by atoms with Crippen LogP contribution in [-0.2, 0) is 9.05 Å². The Hall–Kier alpha value is -1.07. The summed E-state index contributed by atoms with van der Waals surface area (Å²) in [6.07, 6.45) is 3.02. The van der Waals surface area contributed by atoms with Gasteiger partial charge in [-0.15, -0.1) is 0 Å². The van der Waals surface area contributed by atoms with Crippen LogP contribution in [0.1, 0.15) is 36.5 Å². The highest BCUT2D eigenvalue weighted by molar-refractivity contribution is 8.13. The van der Waals surface area contributed by atoms with E-state index in [2.05, 4.69) is 0 Å². The molecule has 0 unspecified atom stereocenters. The first-order chi connectivity index (χ1) is 8.93. The highest BCUT2D eigenvalue weighted by atomic mass is 35.7. The van der Waals surface area contributed by atoms with E-state index in [1.165, 1.54) is 24.3 Å². The summed E-state index contributed by atoms with van der Waals surface area (Å²) in [5.74, 6) is -0.0390. The molecule has 0 saturated heterocycles. The summed E-state index contributed by atoms with van der Waals surface area (Å²) in [6, 6.07) is 6.12. The van der Waals surface area contributed by atoms with Crippen LogP contribution in [0.2, 0.25) is 0 Å². The number of hydrogen-bond donors (Lipinski definition) is 0. The molecule has 2 rings (SSSR count). The molecule has 1 aliphatic rings. The first-order valence-electron chi connectivity index (χ1n) is 6.29. The van der Waals surface area contributed by atoms with Crippen LogP contribution in [-0.4, -0.2) is 31.8 Å². The maximum atomic E-state index is 12.3. The summed E-state index contributed by atoms with van der Waals surface area (Å²) in [5.41, 5.74) is 0.504. The zero-order valence-corrected chi connectivity index (χ0v) is 12.2. The molecule has 0 radical (unpaired) electrons. The average molecular weight is 302 g/mol. The highest BCUT2D eigenvalue weighted by Gasteiger charge is 2.32. The van der Waals surface area contributed by atoms with Gasteiger partial charge >= 0.3 is 0 Å². The molecule has 4 nitrogen and oxygen atoms in total. The second-order valence-electron chi connectivity index (χ2n) is 4.69. The van der Waals surface area contributed by atoms with Crippen molar-refractivity contribution < 1.29 is 13.2 Å². The number of halogens is 1. The maximum absolute atomic E-state index is 12.3. The van der Waals surface area contributed by atoms with Crippen molar-refractivity contribution in [3.8, 4) is 0 Å². The molecule has 0 aliphatic heterocycles. The maximum Gasteiger partial charge on any atom is 0.261 e. The fourth-order valence-corrected chi connectivity index (χ4v) is 2.77. The summed E-state index contributed by atoms with van der Waals surface area (Å²) in [4.78, 5) is 14.2. The van der Waals surface area contributed by atoms with Crippen molar-refractivity contribution in [2.75, 3.05) is 6.54 Å². The first-order valence-corrected chi connectivity index (χ1v) is 8.60. The number of amides is 1. The van der Waals surface area contributed by atoms with Gasteiger partial charge in [-0.3, -0.25) is 4.79 Å². The van der Waals surface area contributed by atoms with Crippen molar-refractivity contribution >= 4 is 25.6 Å². The van der Waals surface area contributed by atoms with Gasteiger partial charge in [0.25, 0.3) is 15.0 Å². The van der Waals surface area contributed by atoms with Crippen molar-refractivity contribution in [3.63, 3.8) is 0 Å². The molecule has 0 spiro atoms. The minimum absolute atomic E-state index is 0.0131. The van der Waals surface area contributed by atoms with Gasteiger partial charge in [-0.25, -0.2) is 8.42 Å². The van der Waals surface area contributed by atoms with Gasteiger partial charge < -0.3 is 4.90 Å². The smallest absolute Gasteiger partial charge is 0.261 e. The molecule has 1 fully saturated rings. The minimum Gasteiger partial charge on any atom is -0.336 e. The van der Waals surface area contributed by atoms with Gasteiger partial charge in [-0.05, 0) is 43.5 Å². The fourth-order valence-electron chi connectivity index (χ4n) is 2.00. The lowest BCUT2D eigenvalue weighted by atomic mass is 10.2. The molecule has 1 aromatic carbocycles. The normalized spacial score (nSPS) is 15.3. The van der Waals surface area contributed by atoms with Gasteiger partial charge in [0.15, 0.2) is 0 Å². The molecule has 0 aromatic heterocycles. The summed E-state index contributed by atoms with van der Waals surface area (Å²) in [5, 5.41) is 0. The number of benzene rings is 1.